The Labute approximate surface area is 242 Å². The molecule has 196 valence electrons. The fourth-order valence-corrected chi connectivity index (χ4v) is 5.48. The summed E-state index contributed by atoms with van der Waals surface area (Å²) in [6.07, 6.45) is 1.76. The maximum atomic E-state index is 13.1. The molecule has 3 aromatic rings. The van der Waals surface area contributed by atoms with Crippen molar-refractivity contribution in [2.75, 3.05) is 13.7 Å². The van der Waals surface area contributed by atoms with E-state index in [1.807, 2.05) is 6.92 Å². The van der Waals surface area contributed by atoms with Crippen LogP contribution in [0.1, 0.15) is 28.4 Å². The van der Waals surface area contributed by atoms with Crippen molar-refractivity contribution in [3.05, 3.63) is 90.7 Å². The van der Waals surface area contributed by atoms with E-state index in [-0.39, 0.29) is 18.1 Å². The molecule has 0 saturated carbocycles. The summed E-state index contributed by atoms with van der Waals surface area (Å²) in [5, 5.41) is 10.7. The highest BCUT2D eigenvalue weighted by Crippen LogP contribution is 2.39. The number of carbonyl (C=O) groups is 2. The minimum absolute atomic E-state index is 0.166. The van der Waals surface area contributed by atoms with Gasteiger partial charge in [0, 0.05) is 26.6 Å². The van der Waals surface area contributed by atoms with E-state index in [2.05, 4.69) is 20.9 Å². The van der Waals surface area contributed by atoms with E-state index in [1.54, 1.807) is 53.4 Å². The number of amidine groups is 1. The number of halogens is 3. The Hall–Kier alpha value is -2.98. The van der Waals surface area contributed by atoms with E-state index in [4.69, 9.17) is 37.8 Å². The van der Waals surface area contributed by atoms with Gasteiger partial charge in [0.2, 0.25) is 0 Å². The summed E-state index contributed by atoms with van der Waals surface area (Å²) < 4.78 is 12.2. The lowest BCUT2D eigenvalue weighted by Crippen LogP contribution is -2.28. The molecule has 1 N–H and O–H groups in total. The minimum Gasteiger partial charge on any atom is -0.493 e. The van der Waals surface area contributed by atoms with Gasteiger partial charge in [0.05, 0.1) is 23.3 Å². The van der Waals surface area contributed by atoms with Gasteiger partial charge < -0.3 is 14.6 Å². The fraction of sp³-hybridized carbons (Fsp3) is 0.148. The third-order valence-corrected chi connectivity index (χ3v) is 7.79. The van der Waals surface area contributed by atoms with Crippen LogP contribution in [0.15, 0.2) is 69.0 Å². The molecule has 1 aliphatic heterocycles. The van der Waals surface area contributed by atoms with Gasteiger partial charge in [0.25, 0.3) is 5.91 Å². The van der Waals surface area contributed by atoms with Crippen molar-refractivity contribution < 1.29 is 24.2 Å². The molecule has 0 radical (unpaired) electrons. The van der Waals surface area contributed by atoms with Crippen LogP contribution < -0.4 is 9.47 Å². The number of likely N-dealkylation sites (N-methyl/N-ethyl adjacent to an activating group) is 1. The Kier molecular flexibility index (Phi) is 9.04. The molecular formula is C27H21BrCl2N2O5S. The van der Waals surface area contributed by atoms with Crippen LogP contribution in [0.25, 0.3) is 6.08 Å². The lowest BCUT2D eigenvalue weighted by atomic mass is 10.1. The van der Waals surface area contributed by atoms with Gasteiger partial charge in [-0.15, -0.1) is 0 Å². The summed E-state index contributed by atoms with van der Waals surface area (Å²) >= 11 is 17.0. The third kappa shape index (κ3) is 6.35. The number of aromatic carboxylic acids is 1. The van der Waals surface area contributed by atoms with Crippen molar-refractivity contribution in [2.24, 2.45) is 4.99 Å². The zero-order valence-electron chi connectivity index (χ0n) is 20.2. The Bertz CT molecular complexity index is 1460. The van der Waals surface area contributed by atoms with Crippen molar-refractivity contribution in [3.8, 4) is 11.5 Å². The van der Waals surface area contributed by atoms with Gasteiger partial charge in [-0.3, -0.25) is 9.69 Å². The van der Waals surface area contributed by atoms with Crippen molar-refractivity contribution in [1.29, 1.82) is 0 Å². The first-order chi connectivity index (χ1) is 18.2. The average Bonchev–Trinajstić information content (AvgIpc) is 3.18. The van der Waals surface area contributed by atoms with Crippen molar-refractivity contribution >= 4 is 79.7 Å². The standard InChI is InChI=1S/C27H21BrCl2N2O5S/c1-3-32-25(33)24(38-27(32)31-19-8-5-15(6-9-19)26(34)35)11-17-10-22(36-2)23(13-20(17)28)37-14-16-4-7-18(29)12-21(16)30/h4-13H,3,14H2,1-2H3,(H,34,35). The quantitative estimate of drug-likeness (QED) is 0.256. The molecule has 0 aromatic heterocycles. The van der Waals surface area contributed by atoms with Crippen molar-refractivity contribution in [3.63, 3.8) is 0 Å². The Morgan fingerprint density at radius 3 is 2.50 bits per heavy atom. The van der Waals surface area contributed by atoms with Crippen LogP contribution >= 0.6 is 50.9 Å². The molecule has 0 spiro atoms. The summed E-state index contributed by atoms with van der Waals surface area (Å²) in [4.78, 5) is 30.8. The summed E-state index contributed by atoms with van der Waals surface area (Å²) in [5.41, 5.74) is 2.21. The van der Waals surface area contributed by atoms with E-state index in [9.17, 15) is 9.59 Å². The second-order valence-electron chi connectivity index (χ2n) is 7.96. The number of aliphatic imine (C=N–C) groups is 1. The van der Waals surface area contributed by atoms with E-state index in [0.29, 0.717) is 48.3 Å². The number of ether oxygens (including phenoxy) is 2. The molecule has 1 aliphatic rings. The average molecular weight is 636 g/mol. The highest BCUT2D eigenvalue weighted by atomic mass is 79.9. The van der Waals surface area contributed by atoms with Crippen LogP contribution in [0.3, 0.4) is 0 Å². The molecule has 0 unspecified atom stereocenters. The lowest BCUT2D eigenvalue weighted by Gasteiger charge is -2.14. The molecule has 1 saturated heterocycles. The van der Waals surface area contributed by atoms with Crippen LogP contribution in [-0.4, -0.2) is 40.7 Å². The number of thioether (sulfide) groups is 1. The van der Waals surface area contributed by atoms with Gasteiger partial charge in [0.15, 0.2) is 16.7 Å². The molecule has 11 heteroatoms. The number of carboxylic acid groups (broad SMARTS) is 1. The number of carbonyl (C=O) groups excluding carboxylic acids is 1. The second-order valence-corrected chi connectivity index (χ2v) is 10.7. The smallest absolute Gasteiger partial charge is 0.335 e. The van der Waals surface area contributed by atoms with Gasteiger partial charge >= 0.3 is 5.97 Å². The molecule has 7 nitrogen and oxygen atoms in total. The largest absolute Gasteiger partial charge is 0.493 e. The Balaban J connectivity index is 1.58. The number of rotatable bonds is 8. The van der Waals surface area contributed by atoms with Gasteiger partial charge in [0.1, 0.15) is 6.61 Å². The van der Waals surface area contributed by atoms with Gasteiger partial charge in [-0.05, 0) is 78.9 Å². The Morgan fingerprint density at radius 1 is 1.13 bits per heavy atom. The zero-order valence-corrected chi connectivity index (χ0v) is 24.1. The number of benzene rings is 3. The van der Waals surface area contributed by atoms with Gasteiger partial charge in [-0.25, -0.2) is 9.79 Å². The predicted molar refractivity (Wildman–Crippen MR) is 155 cm³/mol. The van der Waals surface area contributed by atoms with Crippen LogP contribution in [0.2, 0.25) is 10.0 Å². The summed E-state index contributed by atoms with van der Waals surface area (Å²) in [6.45, 7) is 2.51. The predicted octanol–water partition coefficient (Wildman–Crippen LogP) is 7.67. The van der Waals surface area contributed by atoms with E-state index in [0.717, 1.165) is 11.1 Å². The van der Waals surface area contributed by atoms with Crippen LogP contribution in [0, 0.1) is 0 Å². The lowest BCUT2D eigenvalue weighted by molar-refractivity contribution is -0.122. The van der Waals surface area contributed by atoms with Crippen LogP contribution in [-0.2, 0) is 11.4 Å². The summed E-state index contributed by atoms with van der Waals surface area (Å²) in [6, 6.07) is 14.9. The number of amides is 1. The molecule has 0 bridgehead atoms. The normalized spacial score (nSPS) is 15.4. The molecule has 0 aliphatic carbocycles. The molecule has 4 rings (SSSR count). The monoisotopic (exact) mass is 634 g/mol. The maximum absolute atomic E-state index is 13.1. The number of methoxy groups -OCH3 is 1. The molecular weight excluding hydrogens is 615 g/mol. The number of carboxylic acids is 1. The highest BCUT2D eigenvalue weighted by molar-refractivity contribution is 9.10. The molecule has 0 atom stereocenters. The number of hydrogen-bond acceptors (Lipinski definition) is 6. The molecule has 1 heterocycles. The Morgan fingerprint density at radius 2 is 1.87 bits per heavy atom. The fourth-order valence-electron chi connectivity index (χ4n) is 3.53. The highest BCUT2D eigenvalue weighted by Gasteiger charge is 2.32. The summed E-state index contributed by atoms with van der Waals surface area (Å²) in [5.74, 6) is -0.205. The van der Waals surface area contributed by atoms with E-state index < -0.39 is 5.97 Å². The first-order valence-corrected chi connectivity index (χ1v) is 13.6. The molecule has 3 aromatic carbocycles. The van der Waals surface area contributed by atoms with Crippen molar-refractivity contribution in [1.82, 2.24) is 4.90 Å². The van der Waals surface area contributed by atoms with Crippen molar-refractivity contribution in [2.45, 2.75) is 13.5 Å². The topological polar surface area (TPSA) is 88.4 Å². The third-order valence-electron chi connectivity index (χ3n) is 5.51. The van der Waals surface area contributed by atoms with Crippen LogP contribution in [0.4, 0.5) is 5.69 Å². The molecule has 1 fully saturated rings. The van der Waals surface area contributed by atoms with E-state index in [1.165, 1.54) is 31.0 Å². The SMILES string of the molecule is CCN1C(=O)C(=Cc2cc(OC)c(OCc3ccc(Cl)cc3Cl)cc2Br)SC1=Nc1ccc(C(=O)O)cc1. The number of hydrogen-bond donors (Lipinski definition) is 1. The minimum atomic E-state index is -1.01. The van der Waals surface area contributed by atoms with E-state index >= 15 is 0 Å². The first kappa shape index (κ1) is 28.0. The van der Waals surface area contributed by atoms with Gasteiger partial charge in [-0.2, -0.15) is 0 Å². The molecule has 1 amide bonds. The second kappa shape index (κ2) is 12.3. The van der Waals surface area contributed by atoms with Crippen LogP contribution in [0.5, 0.6) is 11.5 Å². The number of nitrogens with zero attached hydrogens (tertiary/aromatic N) is 2. The van der Waals surface area contributed by atoms with Gasteiger partial charge in [-0.1, -0.05) is 45.2 Å². The first-order valence-electron chi connectivity index (χ1n) is 11.3. The molecule has 38 heavy (non-hydrogen) atoms. The zero-order chi connectivity index (χ0) is 27.4. The maximum Gasteiger partial charge on any atom is 0.335 e. The summed E-state index contributed by atoms with van der Waals surface area (Å²) in [7, 11) is 1.54.